The standard InChI is InChI=1S/C21H34ClN11O.ClH/c22-17-19(24)30-18(23)16(29-17)20(34)31-21(25)28-6-2-4-10-33-13-11-32(12-14-33)9-3-1-5-15-26-7-8-27-15;/h7-8H,1-6,9-14H2,(H,26,27)(H4,23,24,30)(H3,25,28,31,34);1H. The molecule has 0 spiro atoms. The fourth-order valence-corrected chi connectivity index (χ4v) is 3.90. The van der Waals surface area contributed by atoms with Gasteiger partial charge in [0.25, 0.3) is 5.91 Å². The van der Waals surface area contributed by atoms with E-state index >= 15 is 0 Å². The van der Waals surface area contributed by atoms with Gasteiger partial charge in [0.05, 0.1) is 0 Å². The molecule has 0 bridgehead atoms. The summed E-state index contributed by atoms with van der Waals surface area (Å²) in [5.74, 6) is 0.275. The minimum absolute atomic E-state index is 0. The van der Waals surface area contributed by atoms with E-state index in [0.29, 0.717) is 6.54 Å². The zero-order valence-corrected chi connectivity index (χ0v) is 21.3. The number of hydrogen-bond acceptors (Lipinski definition) is 9. The smallest absolute Gasteiger partial charge is 0.280 e. The normalized spacial score (nSPS) is 15.1. The van der Waals surface area contributed by atoms with Crippen molar-refractivity contribution in [3.63, 3.8) is 0 Å². The highest BCUT2D eigenvalue weighted by Crippen LogP contribution is 2.17. The maximum Gasteiger partial charge on any atom is 0.280 e. The van der Waals surface area contributed by atoms with Gasteiger partial charge in [-0.05, 0) is 38.8 Å². The molecule has 0 unspecified atom stereocenters. The van der Waals surface area contributed by atoms with Crippen molar-refractivity contribution in [1.82, 2.24) is 35.1 Å². The quantitative estimate of drug-likeness (QED) is 0.161. The van der Waals surface area contributed by atoms with Gasteiger partial charge in [-0.2, -0.15) is 0 Å². The molecule has 3 rings (SSSR count). The molecule has 0 atom stereocenters. The number of nitrogens with two attached hydrogens (primary N) is 3. The van der Waals surface area contributed by atoms with Gasteiger partial charge in [0.1, 0.15) is 5.82 Å². The summed E-state index contributed by atoms with van der Waals surface area (Å²) in [6.45, 7) is 7.10. The Morgan fingerprint density at radius 1 is 1.06 bits per heavy atom. The van der Waals surface area contributed by atoms with Crippen LogP contribution in [0.4, 0.5) is 11.6 Å². The number of halogens is 2. The Kier molecular flexibility index (Phi) is 12.0. The van der Waals surface area contributed by atoms with E-state index in [0.717, 1.165) is 70.8 Å². The van der Waals surface area contributed by atoms with Crippen LogP contribution in [0.2, 0.25) is 5.15 Å². The van der Waals surface area contributed by atoms with Crippen molar-refractivity contribution in [3.8, 4) is 0 Å². The number of amides is 1. The molecule has 8 N–H and O–H groups in total. The molecule has 1 fully saturated rings. The van der Waals surface area contributed by atoms with Crippen molar-refractivity contribution in [2.45, 2.75) is 32.1 Å². The number of piperazine rings is 1. The first-order valence-corrected chi connectivity index (χ1v) is 11.9. The minimum atomic E-state index is -0.632. The molecule has 1 aliphatic rings. The first-order chi connectivity index (χ1) is 16.4. The van der Waals surface area contributed by atoms with Crippen LogP contribution in [0.5, 0.6) is 0 Å². The van der Waals surface area contributed by atoms with Crippen LogP contribution >= 0.6 is 24.0 Å². The molecule has 14 heteroatoms. The Balaban J connectivity index is 0.00000432. The van der Waals surface area contributed by atoms with Gasteiger partial charge in [0, 0.05) is 51.5 Å². The number of nitrogens with one attached hydrogen (secondary N) is 2. The molecule has 0 radical (unpaired) electrons. The monoisotopic (exact) mass is 527 g/mol. The van der Waals surface area contributed by atoms with Crippen LogP contribution in [0.15, 0.2) is 17.4 Å². The Labute approximate surface area is 216 Å². The van der Waals surface area contributed by atoms with E-state index in [4.69, 9.17) is 28.8 Å². The second-order valence-corrected chi connectivity index (χ2v) is 8.60. The van der Waals surface area contributed by atoms with Gasteiger partial charge in [-0.1, -0.05) is 11.6 Å². The first kappa shape index (κ1) is 28.6. The number of nitrogen functional groups attached to an aromatic ring is 2. The molecule has 1 amide bonds. The van der Waals surface area contributed by atoms with Crippen LogP contribution in [0, 0.1) is 0 Å². The number of rotatable bonds is 11. The zero-order valence-electron chi connectivity index (χ0n) is 19.7. The highest BCUT2D eigenvalue weighted by Gasteiger charge is 2.17. The van der Waals surface area contributed by atoms with E-state index in [-0.39, 0.29) is 40.8 Å². The Hall–Kier alpha value is -2.67. The summed E-state index contributed by atoms with van der Waals surface area (Å²) in [6, 6.07) is 0. The molecule has 0 saturated carbocycles. The number of hydrogen-bond donors (Lipinski definition) is 5. The van der Waals surface area contributed by atoms with Gasteiger partial charge in [-0.25, -0.2) is 15.0 Å². The summed E-state index contributed by atoms with van der Waals surface area (Å²) in [5.41, 5.74) is 16.8. The number of aryl methyl sites for hydroxylation is 1. The molecule has 12 nitrogen and oxygen atoms in total. The minimum Gasteiger partial charge on any atom is -0.382 e. The van der Waals surface area contributed by atoms with E-state index in [1.165, 1.54) is 6.42 Å². The third-order valence-electron chi connectivity index (χ3n) is 5.68. The number of nitrogens with zero attached hydrogens (tertiary/aromatic N) is 6. The molecule has 194 valence electrons. The van der Waals surface area contributed by atoms with Crippen molar-refractivity contribution in [2.24, 2.45) is 10.7 Å². The summed E-state index contributed by atoms with van der Waals surface area (Å²) in [4.78, 5) is 36.5. The molecular formula is C21H35Cl2N11O. The van der Waals surface area contributed by atoms with Gasteiger partial charge in [-0.15, -0.1) is 12.4 Å². The van der Waals surface area contributed by atoms with Crippen molar-refractivity contribution in [3.05, 3.63) is 29.1 Å². The van der Waals surface area contributed by atoms with Gasteiger partial charge >= 0.3 is 0 Å². The SMILES string of the molecule is Cl.NC(=NCCCCN1CCN(CCCCc2ncc[nH]2)CC1)NC(=O)c1nc(Cl)c(N)nc1N. The maximum absolute atomic E-state index is 12.2. The van der Waals surface area contributed by atoms with Gasteiger partial charge in [-0.3, -0.25) is 15.1 Å². The van der Waals surface area contributed by atoms with E-state index in [9.17, 15) is 4.79 Å². The second kappa shape index (κ2) is 14.7. The molecule has 2 aromatic rings. The zero-order chi connectivity index (χ0) is 24.3. The Morgan fingerprint density at radius 2 is 1.71 bits per heavy atom. The summed E-state index contributed by atoms with van der Waals surface area (Å²) in [7, 11) is 0. The predicted octanol–water partition coefficient (Wildman–Crippen LogP) is 0.905. The van der Waals surface area contributed by atoms with Gasteiger partial charge in [0.2, 0.25) is 0 Å². The second-order valence-electron chi connectivity index (χ2n) is 8.24. The summed E-state index contributed by atoms with van der Waals surface area (Å²) in [6.07, 6.45) is 8.94. The first-order valence-electron chi connectivity index (χ1n) is 11.5. The molecule has 1 aliphatic heterocycles. The van der Waals surface area contributed by atoms with E-state index in [2.05, 4.69) is 40.0 Å². The number of unbranched alkanes of at least 4 members (excludes halogenated alkanes) is 2. The van der Waals surface area contributed by atoms with Crippen LogP contribution in [0.3, 0.4) is 0 Å². The Bertz CT molecular complexity index is 947. The van der Waals surface area contributed by atoms with E-state index in [1.807, 2.05) is 6.20 Å². The number of carbonyl (C=O) groups is 1. The van der Waals surface area contributed by atoms with Crippen LogP contribution in [0.1, 0.15) is 42.0 Å². The number of guanidine groups is 1. The Morgan fingerprint density at radius 3 is 2.34 bits per heavy atom. The van der Waals surface area contributed by atoms with E-state index < -0.39 is 5.91 Å². The van der Waals surface area contributed by atoms with E-state index in [1.54, 1.807) is 6.20 Å². The number of aromatic amines is 1. The lowest BCUT2D eigenvalue weighted by atomic mass is 10.2. The molecule has 1 saturated heterocycles. The van der Waals surface area contributed by atoms with Crippen molar-refractivity contribution in [2.75, 3.05) is 57.3 Å². The maximum atomic E-state index is 12.2. The molecule has 35 heavy (non-hydrogen) atoms. The molecule has 0 aliphatic carbocycles. The average molecular weight is 528 g/mol. The topological polar surface area (TPSA) is 180 Å². The third-order valence-corrected chi connectivity index (χ3v) is 5.96. The van der Waals surface area contributed by atoms with Gasteiger partial charge < -0.3 is 32.0 Å². The number of H-pyrrole nitrogens is 1. The van der Waals surface area contributed by atoms with Crippen molar-refractivity contribution < 1.29 is 4.79 Å². The summed E-state index contributed by atoms with van der Waals surface area (Å²) < 4.78 is 0. The van der Waals surface area contributed by atoms with Crippen LogP contribution in [-0.4, -0.2) is 87.4 Å². The molecule has 0 aromatic carbocycles. The summed E-state index contributed by atoms with van der Waals surface area (Å²) >= 11 is 5.80. The number of aliphatic imine (C=N–C) groups is 1. The van der Waals surface area contributed by atoms with Crippen molar-refractivity contribution >= 4 is 47.5 Å². The number of aromatic nitrogens is 4. The molecule has 2 aromatic heterocycles. The van der Waals surface area contributed by atoms with Crippen molar-refractivity contribution in [1.29, 1.82) is 0 Å². The fourth-order valence-electron chi connectivity index (χ4n) is 3.77. The largest absolute Gasteiger partial charge is 0.382 e. The third kappa shape index (κ3) is 9.48. The lowest BCUT2D eigenvalue weighted by molar-refractivity contribution is 0.0972. The number of imidazole rings is 1. The van der Waals surface area contributed by atoms with Gasteiger partial charge in [0.15, 0.2) is 28.4 Å². The lowest BCUT2D eigenvalue weighted by Gasteiger charge is -2.34. The number of carbonyl (C=O) groups excluding carboxylic acids is 1. The molecular weight excluding hydrogens is 493 g/mol. The highest BCUT2D eigenvalue weighted by atomic mass is 35.5. The number of anilines is 2. The van der Waals surface area contributed by atoms with Crippen LogP contribution < -0.4 is 22.5 Å². The molecule has 3 heterocycles. The van der Waals surface area contributed by atoms with Crippen LogP contribution in [0.25, 0.3) is 0 Å². The van der Waals surface area contributed by atoms with Crippen LogP contribution in [-0.2, 0) is 6.42 Å². The lowest BCUT2D eigenvalue weighted by Crippen LogP contribution is -2.46. The summed E-state index contributed by atoms with van der Waals surface area (Å²) in [5, 5.41) is 2.35. The fraction of sp³-hybridized carbons (Fsp3) is 0.571. The predicted molar refractivity (Wildman–Crippen MR) is 141 cm³/mol. The highest BCUT2D eigenvalue weighted by molar-refractivity contribution is 6.31. The average Bonchev–Trinajstić information content (AvgIpc) is 3.33.